The molecule has 0 unspecified atom stereocenters. The summed E-state index contributed by atoms with van der Waals surface area (Å²) in [5.41, 5.74) is 2.21. The zero-order chi connectivity index (χ0) is 28.2. The lowest BCUT2D eigenvalue weighted by atomic mass is 9.66. The third-order valence-corrected chi connectivity index (χ3v) is 8.38. The van der Waals surface area contributed by atoms with Gasteiger partial charge in [0.05, 0.1) is 52.5 Å². The molecule has 0 saturated heterocycles. The number of amides is 1. The number of aliphatic hydroxyl groups is 1. The van der Waals surface area contributed by atoms with Crippen LogP contribution in [-0.2, 0) is 16.6 Å². The van der Waals surface area contributed by atoms with Crippen LogP contribution in [0.1, 0.15) is 62.2 Å². The molecule has 3 aromatic heterocycles. The summed E-state index contributed by atoms with van der Waals surface area (Å²) < 4.78 is 34.7. The molecule has 2 bridgehead atoms. The zero-order valence-electron chi connectivity index (χ0n) is 22.3. The molecule has 0 spiro atoms. The molecule has 0 radical (unpaired) electrons. The molecule has 1 aromatic carbocycles. The van der Waals surface area contributed by atoms with E-state index < -0.39 is 23.2 Å². The molecule has 2 aliphatic carbocycles. The molecular weight excluding hydrogens is 518 g/mol. The normalized spacial score (nSPS) is 21.3. The fraction of sp³-hybridized carbons (Fsp3) is 0.379. The predicted molar refractivity (Wildman–Crippen MR) is 140 cm³/mol. The molecule has 1 fully saturated rings. The number of halogens is 2. The highest BCUT2D eigenvalue weighted by Crippen LogP contribution is 2.69. The summed E-state index contributed by atoms with van der Waals surface area (Å²) in [5, 5.41) is 20.8. The highest BCUT2D eigenvalue weighted by Gasteiger charge is 2.65. The van der Waals surface area contributed by atoms with Crippen molar-refractivity contribution in [3.8, 4) is 22.8 Å². The minimum absolute atomic E-state index is 0.00408. The first-order valence-corrected chi connectivity index (χ1v) is 13.2. The van der Waals surface area contributed by atoms with Crippen LogP contribution in [0.25, 0.3) is 22.8 Å². The highest BCUT2D eigenvalue weighted by atomic mass is 19.1. The van der Waals surface area contributed by atoms with Crippen molar-refractivity contribution in [1.29, 1.82) is 0 Å². The second kappa shape index (κ2) is 9.51. The van der Waals surface area contributed by atoms with Gasteiger partial charge in [0.1, 0.15) is 23.6 Å². The Bertz CT molecular complexity index is 1600. The van der Waals surface area contributed by atoms with Crippen LogP contribution in [0.15, 0.2) is 47.3 Å². The maximum absolute atomic E-state index is 14.5. The summed E-state index contributed by atoms with van der Waals surface area (Å²) in [5.74, 6) is -1.34. The quantitative estimate of drug-likeness (QED) is 0.355. The van der Waals surface area contributed by atoms with Crippen LogP contribution in [0, 0.1) is 17.0 Å². The standard InChI is InChI=1S/C29H28F2N6O3/c1-15(38)11-33-24(39)9-16-14-40-27(34-16)22-12-32-13-23(35-22)29-8-7-18(28(29,2)3)17-10-21(36-37-26(17)29)25-19(30)5-4-6-20(25)31/h4-6,10,12-15,18,38H,7-9,11H2,1-3H3,(H,33,39)/t15-,18-,29+/m0/s1. The van der Waals surface area contributed by atoms with E-state index >= 15 is 0 Å². The maximum Gasteiger partial charge on any atom is 0.246 e. The van der Waals surface area contributed by atoms with Crippen molar-refractivity contribution < 1.29 is 23.1 Å². The van der Waals surface area contributed by atoms with E-state index in [0.717, 1.165) is 24.1 Å². The second-order valence-corrected chi connectivity index (χ2v) is 11.1. The summed E-state index contributed by atoms with van der Waals surface area (Å²) in [7, 11) is 0. The Labute approximate surface area is 229 Å². The van der Waals surface area contributed by atoms with E-state index in [1.165, 1.54) is 24.5 Å². The maximum atomic E-state index is 14.5. The van der Waals surface area contributed by atoms with Crippen molar-refractivity contribution in [3.05, 3.63) is 77.2 Å². The van der Waals surface area contributed by atoms with E-state index in [1.54, 1.807) is 25.4 Å². The molecule has 6 rings (SSSR count). The molecule has 206 valence electrons. The third-order valence-electron chi connectivity index (χ3n) is 8.38. The van der Waals surface area contributed by atoms with Gasteiger partial charge < -0.3 is 14.8 Å². The van der Waals surface area contributed by atoms with E-state index in [-0.39, 0.29) is 47.4 Å². The average molecular weight is 547 g/mol. The summed E-state index contributed by atoms with van der Waals surface area (Å²) in [6, 6.07) is 5.51. The molecule has 3 atom stereocenters. The number of hydrogen-bond acceptors (Lipinski definition) is 8. The van der Waals surface area contributed by atoms with Crippen LogP contribution in [0.2, 0.25) is 0 Å². The number of nitrogens with one attached hydrogen (secondary N) is 1. The summed E-state index contributed by atoms with van der Waals surface area (Å²) in [6.07, 6.45) is 5.62. The molecule has 0 aliphatic heterocycles. The summed E-state index contributed by atoms with van der Waals surface area (Å²) >= 11 is 0. The summed E-state index contributed by atoms with van der Waals surface area (Å²) in [4.78, 5) is 25.9. The number of hydrogen-bond donors (Lipinski definition) is 2. The SMILES string of the molecule is C[C@H](O)CNC(=O)Cc1coc(-c2cncc([C@]34CC[C@@H](c5cc(-c6c(F)cccc6F)nnc53)C4(C)C)n2)n1. The number of carbonyl (C=O) groups is 1. The van der Waals surface area contributed by atoms with Crippen LogP contribution >= 0.6 is 0 Å². The minimum atomic E-state index is -0.685. The van der Waals surface area contributed by atoms with E-state index in [0.29, 0.717) is 17.1 Å². The Morgan fingerprint density at radius 2 is 1.95 bits per heavy atom. The lowest BCUT2D eigenvalue weighted by Gasteiger charge is -2.37. The topological polar surface area (TPSA) is 127 Å². The largest absolute Gasteiger partial charge is 0.443 e. The number of nitrogens with zero attached hydrogens (tertiary/aromatic N) is 5. The van der Waals surface area contributed by atoms with E-state index in [1.807, 2.05) is 0 Å². The van der Waals surface area contributed by atoms with Gasteiger partial charge in [-0.05, 0) is 54.9 Å². The zero-order valence-corrected chi connectivity index (χ0v) is 22.3. The van der Waals surface area contributed by atoms with Crippen LogP contribution in [-0.4, -0.2) is 48.8 Å². The van der Waals surface area contributed by atoms with Crippen LogP contribution in [0.4, 0.5) is 8.78 Å². The van der Waals surface area contributed by atoms with E-state index in [2.05, 4.69) is 39.3 Å². The number of oxazole rings is 1. The lowest BCUT2D eigenvalue weighted by molar-refractivity contribution is -0.120. The van der Waals surface area contributed by atoms with Gasteiger partial charge in [-0.25, -0.2) is 18.7 Å². The van der Waals surface area contributed by atoms with Crippen LogP contribution in [0.3, 0.4) is 0 Å². The van der Waals surface area contributed by atoms with Gasteiger partial charge in [-0.3, -0.25) is 9.78 Å². The number of fused-ring (bicyclic) bond motifs is 5. The first-order valence-electron chi connectivity index (χ1n) is 13.2. The molecule has 2 aliphatic rings. The van der Waals surface area contributed by atoms with E-state index in [4.69, 9.17) is 9.40 Å². The number of carbonyl (C=O) groups excluding carboxylic acids is 1. The van der Waals surface area contributed by atoms with Gasteiger partial charge in [0, 0.05) is 12.7 Å². The molecule has 11 heteroatoms. The smallest absolute Gasteiger partial charge is 0.246 e. The van der Waals surface area contributed by atoms with Crippen LogP contribution < -0.4 is 5.32 Å². The molecule has 3 heterocycles. The van der Waals surface area contributed by atoms with Crippen molar-refractivity contribution in [1.82, 2.24) is 30.5 Å². The van der Waals surface area contributed by atoms with Crippen molar-refractivity contribution in [3.63, 3.8) is 0 Å². The fourth-order valence-corrected chi connectivity index (χ4v) is 6.43. The molecule has 1 saturated carbocycles. The monoisotopic (exact) mass is 546 g/mol. The van der Waals surface area contributed by atoms with Gasteiger partial charge in [-0.15, -0.1) is 5.10 Å². The van der Waals surface area contributed by atoms with Gasteiger partial charge >= 0.3 is 0 Å². The Kier molecular flexibility index (Phi) is 6.21. The van der Waals surface area contributed by atoms with Crippen molar-refractivity contribution in [2.75, 3.05) is 6.54 Å². The molecule has 2 N–H and O–H groups in total. The first-order chi connectivity index (χ1) is 19.1. The number of benzene rings is 1. The van der Waals surface area contributed by atoms with Gasteiger partial charge in [0.2, 0.25) is 11.8 Å². The third kappa shape index (κ3) is 3.98. The van der Waals surface area contributed by atoms with Gasteiger partial charge in [-0.2, -0.15) is 5.10 Å². The molecular formula is C29H28F2N6O3. The Morgan fingerprint density at radius 3 is 2.70 bits per heavy atom. The fourth-order valence-electron chi connectivity index (χ4n) is 6.43. The Morgan fingerprint density at radius 1 is 1.18 bits per heavy atom. The number of rotatable bonds is 7. The molecule has 4 aromatic rings. The highest BCUT2D eigenvalue weighted by molar-refractivity contribution is 5.78. The van der Waals surface area contributed by atoms with Gasteiger partial charge in [0.25, 0.3) is 0 Å². The van der Waals surface area contributed by atoms with Gasteiger partial charge in [-0.1, -0.05) is 19.9 Å². The molecule has 1 amide bonds. The van der Waals surface area contributed by atoms with Gasteiger partial charge in [0.15, 0.2) is 0 Å². The number of aliphatic hydroxyl groups excluding tert-OH is 1. The second-order valence-electron chi connectivity index (χ2n) is 11.1. The van der Waals surface area contributed by atoms with Crippen molar-refractivity contribution >= 4 is 5.91 Å². The number of aromatic nitrogens is 5. The molecule has 40 heavy (non-hydrogen) atoms. The van der Waals surface area contributed by atoms with Crippen molar-refractivity contribution in [2.24, 2.45) is 5.41 Å². The molecule has 9 nitrogen and oxygen atoms in total. The summed E-state index contributed by atoms with van der Waals surface area (Å²) in [6.45, 7) is 6.04. The Balaban J connectivity index is 1.35. The Hall–Kier alpha value is -4.12. The first kappa shape index (κ1) is 26.1. The lowest BCUT2D eigenvalue weighted by Crippen LogP contribution is -2.38. The van der Waals surface area contributed by atoms with Crippen molar-refractivity contribution in [2.45, 2.75) is 57.5 Å². The average Bonchev–Trinajstić information content (AvgIpc) is 3.55. The minimum Gasteiger partial charge on any atom is -0.443 e. The predicted octanol–water partition coefficient (Wildman–Crippen LogP) is 4.11. The van der Waals surface area contributed by atoms with Crippen LogP contribution in [0.5, 0.6) is 0 Å². The van der Waals surface area contributed by atoms with E-state index in [9.17, 15) is 18.7 Å².